The Hall–Kier alpha value is -0.180. The predicted molar refractivity (Wildman–Crippen MR) is 71.0 cm³/mol. The van der Waals surface area contributed by atoms with Gasteiger partial charge in [0.05, 0.1) is 0 Å². The fraction of sp³-hybridized carbons (Fsp3) is 0.455. The van der Waals surface area contributed by atoms with Crippen molar-refractivity contribution in [3.8, 4) is 0 Å². The Morgan fingerprint density at radius 1 is 1.50 bits per heavy atom. The summed E-state index contributed by atoms with van der Waals surface area (Å²) in [6, 6.07) is 0. The fourth-order valence-corrected chi connectivity index (χ4v) is 1.03. The minimum atomic E-state index is 0.750. The number of thioether (sulfide) groups is 1. The summed E-state index contributed by atoms with van der Waals surface area (Å²) in [5.74, 6) is 1.04. The molecule has 3 heteroatoms. The first kappa shape index (κ1) is 16.3. The van der Waals surface area contributed by atoms with Crippen molar-refractivity contribution in [1.82, 2.24) is 0 Å². The molecule has 0 aromatic carbocycles. The summed E-state index contributed by atoms with van der Waals surface area (Å²) in [6.45, 7) is 4.60. The Kier molecular flexibility index (Phi) is 17.8. The molecule has 0 unspecified atom stereocenters. The van der Waals surface area contributed by atoms with Crippen LogP contribution in [0.4, 0.5) is 0 Å². The Bertz CT molecular complexity index is 186. The van der Waals surface area contributed by atoms with E-state index >= 15 is 0 Å². The Labute approximate surface area is 97.1 Å². The Morgan fingerprint density at radius 3 is 2.50 bits per heavy atom. The maximum atomic E-state index is 5.78. The summed E-state index contributed by atoms with van der Waals surface area (Å²) in [7, 11) is 0. The van der Waals surface area contributed by atoms with Gasteiger partial charge in [-0.1, -0.05) is 36.8 Å². The molecule has 2 N–H and O–H groups in total. The van der Waals surface area contributed by atoms with Crippen LogP contribution in [0.25, 0.3) is 0 Å². The number of nitrogens with two attached hydrogens (primary N) is 1. The minimum absolute atomic E-state index is 0.750. The van der Waals surface area contributed by atoms with E-state index in [0.717, 1.165) is 17.3 Å². The van der Waals surface area contributed by atoms with Crippen LogP contribution >= 0.6 is 23.4 Å². The highest BCUT2D eigenvalue weighted by Gasteiger charge is 1.77. The van der Waals surface area contributed by atoms with Crippen LogP contribution in [0.5, 0.6) is 0 Å². The van der Waals surface area contributed by atoms with Gasteiger partial charge in [0.2, 0.25) is 0 Å². The molecule has 0 bridgehead atoms. The standard InChI is InChI=1S/C9H13ClS.C2H7N/c1-3-6-9(10)7-4-5-8-11-2;1-2-3/h3-7H,8H2,1-2H3;2-3H2,1H3/b5-4+,6-3-,9-7+;. The molecule has 14 heavy (non-hydrogen) atoms. The van der Waals surface area contributed by atoms with Gasteiger partial charge >= 0.3 is 0 Å². The third-order valence-electron chi connectivity index (χ3n) is 0.980. The van der Waals surface area contributed by atoms with Crippen molar-refractivity contribution in [3.05, 3.63) is 35.4 Å². The average molecular weight is 234 g/mol. The molecular weight excluding hydrogens is 214 g/mol. The second-order valence-corrected chi connectivity index (χ2v) is 3.69. The van der Waals surface area contributed by atoms with Crippen molar-refractivity contribution < 1.29 is 0 Å². The lowest BCUT2D eigenvalue weighted by Crippen LogP contribution is -1.87. The smallest absolute Gasteiger partial charge is 0.0402 e. The van der Waals surface area contributed by atoms with E-state index in [2.05, 4.69) is 12.3 Å². The maximum absolute atomic E-state index is 5.78. The van der Waals surface area contributed by atoms with Crippen LogP contribution in [0.2, 0.25) is 0 Å². The first-order chi connectivity index (χ1) is 6.72. The Balaban J connectivity index is 0. The molecule has 0 fully saturated rings. The third-order valence-corrected chi connectivity index (χ3v) is 1.76. The molecule has 0 radical (unpaired) electrons. The molecule has 0 atom stereocenters. The van der Waals surface area contributed by atoms with Crippen molar-refractivity contribution >= 4 is 23.4 Å². The highest BCUT2D eigenvalue weighted by atomic mass is 35.5. The lowest BCUT2D eigenvalue weighted by molar-refractivity contribution is 1.14. The van der Waals surface area contributed by atoms with Gasteiger partial charge in [-0.2, -0.15) is 11.8 Å². The summed E-state index contributed by atoms with van der Waals surface area (Å²) in [5.41, 5.74) is 4.85. The van der Waals surface area contributed by atoms with Crippen LogP contribution in [0.15, 0.2) is 35.4 Å². The van der Waals surface area contributed by atoms with Crippen LogP contribution in [-0.2, 0) is 0 Å². The van der Waals surface area contributed by atoms with Gasteiger partial charge in [0.25, 0.3) is 0 Å². The Morgan fingerprint density at radius 2 is 2.07 bits per heavy atom. The topological polar surface area (TPSA) is 26.0 Å². The monoisotopic (exact) mass is 233 g/mol. The van der Waals surface area contributed by atoms with E-state index in [1.54, 1.807) is 11.8 Å². The molecule has 82 valence electrons. The van der Waals surface area contributed by atoms with Gasteiger partial charge in [0.15, 0.2) is 0 Å². The van der Waals surface area contributed by atoms with E-state index in [9.17, 15) is 0 Å². The van der Waals surface area contributed by atoms with Crippen molar-refractivity contribution in [3.63, 3.8) is 0 Å². The number of hydrogen-bond acceptors (Lipinski definition) is 2. The molecule has 0 amide bonds. The van der Waals surface area contributed by atoms with Crippen LogP contribution in [0.1, 0.15) is 13.8 Å². The molecular formula is C11H20ClNS. The zero-order valence-corrected chi connectivity index (χ0v) is 10.7. The highest BCUT2D eigenvalue weighted by molar-refractivity contribution is 7.98. The zero-order chi connectivity index (χ0) is 11.2. The summed E-state index contributed by atoms with van der Waals surface area (Å²) in [5, 5.41) is 0.768. The van der Waals surface area contributed by atoms with Crippen LogP contribution in [0.3, 0.4) is 0 Å². The molecule has 0 aliphatic carbocycles. The van der Waals surface area contributed by atoms with Crippen LogP contribution in [-0.4, -0.2) is 18.6 Å². The molecule has 0 aromatic rings. The molecule has 0 saturated heterocycles. The van der Waals surface area contributed by atoms with E-state index in [1.807, 2.05) is 38.2 Å². The number of allylic oxidation sites excluding steroid dienone is 5. The SMILES string of the molecule is CCN.C\C=C/C(Cl)=C\C=C\CSC. The van der Waals surface area contributed by atoms with E-state index in [1.165, 1.54) is 0 Å². The molecule has 0 aliphatic heterocycles. The van der Waals surface area contributed by atoms with Gasteiger partial charge in [-0.3, -0.25) is 0 Å². The molecule has 1 nitrogen and oxygen atoms in total. The van der Waals surface area contributed by atoms with E-state index in [0.29, 0.717) is 0 Å². The first-order valence-corrected chi connectivity index (χ1v) is 6.34. The lowest BCUT2D eigenvalue weighted by Gasteiger charge is -1.84. The summed E-state index contributed by atoms with van der Waals surface area (Å²) in [4.78, 5) is 0. The third kappa shape index (κ3) is 17.8. The minimum Gasteiger partial charge on any atom is -0.331 e. The average Bonchev–Trinajstić information content (AvgIpc) is 2.14. The van der Waals surface area contributed by atoms with Crippen LogP contribution in [0, 0.1) is 0 Å². The molecule has 0 spiro atoms. The van der Waals surface area contributed by atoms with Gasteiger partial charge in [-0.15, -0.1) is 0 Å². The second-order valence-electron chi connectivity index (χ2n) is 2.34. The van der Waals surface area contributed by atoms with E-state index < -0.39 is 0 Å². The second kappa shape index (κ2) is 15.3. The maximum Gasteiger partial charge on any atom is 0.0402 e. The quantitative estimate of drug-likeness (QED) is 0.752. The molecule has 0 rings (SSSR count). The molecule has 0 saturated carbocycles. The fourth-order valence-electron chi connectivity index (χ4n) is 0.527. The lowest BCUT2D eigenvalue weighted by atomic mass is 10.4. The number of hydrogen-bond donors (Lipinski definition) is 1. The van der Waals surface area contributed by atoms with E-state index in [4.69, 9.17) is 17.3 Å². The normalized spacial score (nSPS) is 11.9. The van der Waals surface area contributed by atoms with Gasteiger partial charge in [-0.25, -0.2) is 0 Å². The van der Waals surface area contributed by atoms with Gasteiger partial charge in [0.1, 0.15) is 0 Å². The highest BCUT2D eigenvalue weighted by Crippen LogP contribution is 2.03. The van der Waals surface area contributed by atoms with E-state index in [-0.39, 0.29) is 0 Å². The summed E-state index contributed by atoms with van der Waals surface area (Å²) in [6.07, 6.45) is 11.8. The van der Waals surface area contributed by atoms with Crippen molar-refractivity contribution in [2.75, 3.05) is 18.6 Å². The van der Waals surface area contributed by atoms with Crippen molar-refractivity contribution in [2.24, 2.45) is 5.73 Å². The molecule has 0 aromatic heterocycles. The predicted octanol–water partition coefficient (Wildman–Crippen LogP) is 3.57. The largest absolute Gasteiger partial charge is 0.331 e. The van der Waals surface area contributed by atoms with Crippen LogP contribution < -0.4 is 5.73 Å². The van der Waals surface area contributed by atoms with Gasteiger partial charge < -0.3 is 5.73 Å². The molecule has 0 aliphatic rings. The summed E-state index contributed by atoms with van der Waals surface area (Å²) < 4.78 is 0. The molecule has 0 heterocycles. The number of rotatable bonds is 4. The summed E-state index contributed by atoms with van der Waals surface area (Å²) >= 11 is 7.57. The van der Waals surface area contributed by atoms with Gasteiger partial charge in [0, 0.05) is 10.8 Å². The van der Waals surface area contributed by atoms with Crippen molar-refractivity contribution in [2.45, 2.75) is 13.8 Å². The zero-order valence-electron chi connectivity index (χ0n) is 9.16. The van der Waals surface area contributed by atoms with Gasteiger partial charge in [-0.05, 0) is 31.9 Å². The number of halogens is 1. The first-order valence-electron chi connectivity index (χ1n) is 4.56. The van der Waals surface area contributed by atoms with Crippen molar-refractivity contribution in [1.29, 1.82) is 0 Å².